The summed E-state index contributed by atoms with van der Waals surface area (Å²) in [5.74, 6) is -3.40. The first-order chi connectivity index (χ1) is 15.9. The Balaban J connectivity index is 5.40. The van der Waals surface area contributed by atoms with Gasteiger partial charge in [-0.05, 0) is 56.6 Å². The largest absolute Gasteiger partial charge is 0.480 e. The average molecular weight is 505 g/mol. The van der Waals surface area contributed by atoms with Gasteiger partial charge in [-0.2, -0.15) is 11.8 Å². The zero-order valence-electron chi connectivity index (χ0n) is 20.2. The van der Waals surface area contributed by atoms with Gasteiger partial charge in [-0.15, -0.1) is 0 Å². The fraction of sp³-hybridized carbons (Fsp3) is 0.762. The van der Waals surface area contributed by atoms with Crippen LogP contribution in [-0.4, -0.2) is 77.4 Å². The molecule has 0 saturated heterocycles. The number of carboxylic acid groups (broad SMARTS) is 1. The van der Waals surface area contributed by atoms with Crippen LogP contribution in [0.5, 0.6) is 0 Å². The van der Waals surface area contributed by atoms with Gasteiger partial charge in [0.1, 0.15) is 18.1 Å². The molecule has 0 radical (unpaired) electrons. The zero-order chi connectivity index (χ0) is 26.3. The van der Waals surface area contributed by atoms with Crippen molar-refractivity contribution < 1.29 is 29.1 Å². The van der Waals surface area contributed by atoms with Gasteiger partial charge in [0.2, 0.25) is 23.6 Å². The number of carboxylic acids is 1. The van der Waals surface area contributed by atoms with Crippen molar-refractivity contribution in [2.24, 2.45) is 23.1 Å². The quantitative estimate of drug-likeness (QED) is 0.110. The molecule has 0 aromatic heterocycles. The van der Waals surface area contributed by atoms with Crippen LogP contribution in [0.4, 0.5) is 0 Å². The van der Waals surface area contributed by atoms with E-state index in [9.17, 15) is 29.1 Å². The Morgan fingerprint density at radius 3 is 2.00 bits per heavy atom. The molecule has 196 valence electrons. The highest BCUT2D eigenvalue weighted by atomic mass is 32.2. The van der Waals surface area contributed by atoms with Gasteiger partial charge in [-0.25, -0.2) is 4.79 Å². The smallest absolute Gasteiger partial charge is 0.326 e. The Morgan fingerprint density at radius 2 is 1.50 bits per heavy atom. The lowest BCUT2D eigenvalue weighted by Gasteiger charge is -2.27. The Morgan fingerprint density at radius 1 is 0.882 bits per heavy atom. The highest BCUT2D eigenvalue weighted by Crippen LogP contribution is 2.08. The molecule has 4 amide bonds. The normalized spacial score (nSPS) is 14.5. The molecule has 12 nitrogen and oxygen atoms in total. The van der Waals surface area contributed by atoms with Crippen LogP contribution in [0.2, 0.25) is 0 Å². The van der Waals surface area contributed by atoms with Crippen molar-refractivity contribution in [2.45, 2.75) is 76.5 Å². The summed E-state index contributed by atoms with van der Waals surface area (Å²) in [7, 11) is 0. The Bertz CT molecular complexity index is 693. The second-order valence-corrected chi connectivity index (χ2v) is 9.35. The summed E-state index contributed by atoms with van der Waals surface area (Å²) in [6, 6.07) is -4.11. The van der Waals surface area contributed by atoms with Crippen LogP contribution in [0.1, 0.15) is 52.4 Å². The molecule has 0 aromatic carbocycles. The van der Waals surface area contributed by atoms with Gasteiger partial charge < -0.3 is 38.3 Å². The first kappa shape index (κ1) is 31.6. The molecule has 0 aromatic rings. The van der Waals surface area contributed by atoms with Crippen molar-refractivity contribution >= 4 is 41.4 Å². The molecule has 10 N–H and O–H groups in total. The number of rotatable bonds is 18. The number of thioether (sulfide) groups is 1. The highest BCUT2D eigenvalue weighted by molar-refractivity contribution is 7.98. The van der Waals surface area contributed by atoms with Crippen molar-refractivity contribution in [1.29, 1.82) is 0 Å². The summed E-state index contributed by atoms with van der Waals surface area (Å²) in [6.07, 6.45) is 3.25. The molecule has 0 rings (SSSR count). The Labute approximate surface area is 204 Å². The fourth-order valence-corrected chi connectivity index (χ4v) is 3.50. The third kappa shape index (κ3) is 12.8. The minimum atomic E-state index is -1.34. The van der Waals surface area contributed by atoms with Crippen molar-refractivity contribution in [1.82, 2.24) is 16.0 Å². The van der Waals surface area contributed by atoms with Crippen LogP contribution in [-0.2, 0) is 24.0 Å². The van der Waals surface area contributed by atoms with E-state index in [1.54, 1.807) is 25.6 Å². The van der Waals surface area contributed by atoms with Gasteiger partial charge in [0.25, 0.3) is 0 Å². The number of unbranched alkanes of at least 4 members (excludes halogenated alkanes) is 1. The van der Waals surface area contributed by atoms with Crippen LogP contribution in [0.25, 0.3) is 0 Å². The summed E-state index contributed by atoms with van der Waals surface area (Å²) in [4.78, 5) is 60.7. The third-order valence-electron chi connectivity index (χ3n) is 5.09. The van der Waals surface area contributed by atoms with Crippen molar-refractivity contribution in [3.8, 4) is 0 Å². The van der Waals surface area contributed by atoms with Gasteiger partial charge in [0.15, 0.2) is 0 Å². The van der Waals surface area contributed by atoms with Crippen molar-refractivity contribution in [3.63, 3.8) is 0 Å². The van der Waals surface area contributed by atoms with Crippen molar-refractivity contribution in [3.05, 3.63) is 0 Å². The van der Waals surface area contributed by atoms with Crippen LogP contribution in [0.3, 0.4) is 0 Å². The number of aliphatic carboxylic acids is 1. The molecule has 0 fully saturated rings. The predicted octanol–water partition coefficient (Wildman–Crippen LogP) is -1.34. The average Bonchev–Trinajstić information content (AvgIpc) is 2.76. The summed E-state index contributed by atoms with van der Waals surface area (Å²) in [6.45, 7) is 3.87. The molecule has 4 unspecified atom stereocenters. The predicted molar refractivity (Wildman–Crippen MR) is 131 cm³/mol. The van der Waals surface area contributed by atoms with E-state index in [0.717, 1.165) is 0 Å². The second-order valence-electron chi connectivity index (χ2n) is 8.37. The SMILES string of the molecule is CSCCC(N)C(=O)NC(C(=O)NC(CCCCN)C(=O)NC(CCC(N)=O)C(=O)O)C(C)C. The van der Waals surface area contributed by atoms with Gasteiger partial charge >= 0.3 is 5.97 Å². The first-order valence-electron chi connectivity index (χ1n) is 11.3. The maximum Gasteiger partial charge on any atom is 0.326 e. The number of carbonyl (C=O) groups excluding carboxylic acids is 4. The molecule has 34 heavy (non-hydrogen) atoms. The number of hydrogen-bond donors (Lipinski definition) is 7. The topological polar surface area (TPSA) is 220 Å². The number of carbonyl (C=O) groups is 5. The van der Waals surface area contributed by atoms with E-state index in [2.05, 4.69) is 16.0 Å². The molecule has 0 saturated carbocycles. The van der Waals surface area contributed by atoms with Crippen LogP contribution >= 0.6 is 11.8 Å². The number of primary amides is 1. The monoisotopic (exact) mass is 504 g/mol. The Hall–Kier alpha value is -2.38. The summed E-state index contributed by atoms with van der Waals surface area (Å²) >= 11 is 1.55. The molecule has 0 bridgehead atoms. The molecular formula is C21H40N6O6S. The van der Waals surface area contributed by atoms with E-state index in [4.69, 9.17) is 17.2 Å². The van der Waals surface area contributed by atoms with E-state index in [-0.39, 0.29) is 25.2 Å². The fourth-order valence-electron chi connectivity index (χ4n) is 3.01. The van der Waals surface area contributed by atoms with E-state index < -0.39 is 53.8 Å². The van der Waals surface area contributed by atoms with E-state index in [0.29, 0.717) is 31.6 Å². The molecule has 0 heterocycles. The number of nitrogens with two attached hydrogens (primary N) is 3. The maximum atomic E-state index is 13.0. The van der Waals surface area contributed by atoms with Gasteiger partial charge in [0, 0.05) is 6.42 Å². The molecule has 0 aliphatic heterocycles. The molecule has 0 spiro atoms. The Kier molecular flexibility index (Phi) is 15.9. The number of amides is 4. The van der Waals surface area contributed by atoms with Gasteiger partial charge in [-0.3, -0.25) is 19.2 Å². The number of hydrogen-bond acceptors (Lipinski definition) is 8. The lowest BCUT2D eigenvalue weighted by atomic mass is 10.0. The van der Waals surface area contributed by atoms with Crippen LogP contribution in [0, 0.1) is 5.92 Å². The maximum absolute atomic E-state index is 13.0. The second kappa shape index (κ2) is 17.1. The minimum absolute atomic E-state index is 0.182. The molecule has 13 heteroatoms. The van der Waals surface area contributed by atoms with Gasteiger partial charge in [0.05, 0.1) is 6.04 Å². The molecular weight excluding hydrogens is 464 g/mol. The standard InChI is InChI=1S/C21H40N6O6S/c1-12(2)17(27-18(29)13(23)9-11-34-3)20(31)25-14(6-4-5-10-22)19(30)26-15(21(32)33)7-8-16(24)28/h12-15,17H,4-11,22-23H2,1-3H3,(H2,24,28)(H,25,31)(H,26,30)(H,27,29)(H,32,33). The lowest BCUT2D eigenvalue weighted by molar-refractivity contribution is -0.142. The zero-order valence-corrected chi connectivity index (χ0v) is 21.0. The van der Waals surface area contributed by atoms with Gasteiger partial charge in [-0.1, -0.05) is 13.8 Å². The summed E-state index contributed by atoms with van der Waals surface area (Å²) in [5.41, 5.74) is 16.5. The third-order valence-corrected chi connectivity index (χ3v) is 5.73. The number of nitrogens with one attached hydrogen (secondary N) is 3. The summed E-state index contributed by atoms with van der Waals surface area (Å²) < 4.78 is 0. The molecule has 0 aliphatic rings. The van der Waals surface area contributed by atoms with E-state index >= 15 is 0 Å². The van der Waals surface area contributed by atoms with Crippen molar-refractivity contribution in [2.75, 3.05) is 18.6 Å². The lowest BCUT2D eigenvalue weighted by Crippen LogP contribution is -2.58. The first-order valence-corrected chi connectivity index (χ1v) is 12.7. The minimum Gasteiger partial charge on any atom is -0.480 e. The molecule has 0 aliphatic carbocycles. The highest BCUT2D eigenvalue weighted by Gasteiger charge is 2.31. The van der Waals surface area contributed by atoms with E-state index in [1.165, 1.54) is 0 Å². The van der Waals surface area contributed by atoms with Crippen LogP contribution < -0.4 is 33.2 Å². The summed E-state index contributed by atoms with van der Waals surface area (Å²) in [5, 5.41) is 17.0. The van der Waals surface area contributed by atoms with Crippen LogP contribution in [0.15, 0.2) is 0 Å². The molecule has 4 atom stereocenters. The van der Waals surface area contributed by atoms with E-state index in [1.807, 2.05) is 6.26 Å².